The minimum Gasteiger partial charge on any atom is -0.495 e. The highest BCUT2D eigenvalue weighted by Gasteiger charge is 2.15. The van der Waals surface area contributed by atoms with Gasteiger partial charge in [-0.1, -0.05) is 29.3 Å². The molecule has 2 rings (SSSR count). The van der Waals surface area contributed by atoms with Crippen molar-refractivity contribution in [1.29, 1.82) is 0 Å². The van der Waals surface area contributed by atoms with E-state index in [2.05, 4.69) is 0 Å². The largest absolute Gasteiger partial charge is 0.495 e. The van der Waals surface area contributed by atoms with E-state index in [1.54, 1.807) is 13.2 Å². The Hall–Kier alpha value is -0.740. The summed E-state index contributed by atoms with van der Waals surface area (Å²) < 4.78 is 5.17. The standard InChI is InChI=1S/C12H11Cl2NOS/c1-16-10-6-7(2-3-8(10)13)11(15)12-9(14)4-5-17-12/h2-6,11H,15H2,1H3. The second kappa shape index (κ2) is 5.27. The second-order valence-electron chi connectivity index (χ2n) is 3.50. The lowest BCUT2D eigenvalue weighted by Crippen LogP contribution is -2.10. The molecule has 0 aliphatic carbocycles. The first-order chi connectivity index (χ1) is 8.13. The predicted molar refractivity (Wildman–Crippen MR) is 73.4 cm³/mol. The van der Waals surface area contributed by atoms with E-state index in [1.807, 2.05) is 23.6 Å². The molecule has 17 heavy (non-hydrogen) atoms. The van der Waals surface area contributed by atoms with Crippen LogP contribution in [0.3, 0.4) is 0 Å². The average Bonchev–Trinajstić information content (AvgIpc) is 2.75. The van der Waals surface area contributed by atoms with Gasteiger partial charge in [-0.05, 0) is 29.1 Å². The van der Waals surface area contributed by atoms with E-state index in [0.29, 0.717) is 15.8 Å². The lowest BCUT2D eigenvalue weighted by Gasteiger charge is -2.13. The maximum absolute atomic E-state index is 6.16. The summed E-state index contributed by atoms with van der Waals surface area (Å²) in [5.74, 6) is 0.618. The molecule has 2 N–H and O–H groups in total. The van der Waals surface area contributed by atoms with Gasteiger partial charge in [-0.3, -0.25) is 0 Å². The summed E-state index contributed by atoms with van der Waals surface area (Å²) in [6.45, 7) is 0. The highest BCUT2D eigenvalue weighted by atomic mass is 35.5. The highest BCUT2D eigenvalue weighted by molar-refractivity contribution is 7.10. The SMILES string of the molecule is COc1cc(C(N)c2sccc2Cl)ccc1Cl. The van der Waals surface area contributed by atoms with Crippen molar-refractivity contribution in [3.8, 4) is 5.75 Å². The monoisotopic (exact) mass is 287 g/mol. The molecule has 0 aliphatic heterocycles. The van der Waals surface area contributed by atoms with E-state index >= 15 is 0 Å². The Kier molecular flexibility index (Phi) is 3.94. The summed E-state index contributed by atoms with van der Waals surface area (Å²) >= 11 is 13.6. The van der Waals surface area contributed by atoms with Gasteiger partial charge >= 0.3 is 0 Å². The molecule has 0 radical (unpaired) electrons. The second-order valence-corrected chi connectivity index (χ2v) is 5.27. The molecule has 0 fully saturated rings. The molecule has 90 valence electrons. The fourth-order valence-electron chi connectivity index (χ4n) is 1.55. The topological polar surface area (TPSA) is 35.2 Å². The van der Waals surface area contributed by atoms with Gasteiger partial charge in [-0.15, -0.1) is 11.3 Å². The summed E-state index contributed by atoms with van der Waals surface area (Å²) in [6, 6.07) is 7.08. The van der Waals surface area contributed by atoms with Gasteiger partial charge in [0.15, 0.2) is 0 Å². The van der Waals surface area contributed by atoms with E-state index in [9.17, 15) is 0 Å². The van der Waals surface area contributed by atoms with Crippen molar-refractivity contribution >= 4 is 34.5 Å². The molecule has 0 saturated heterocycles. The normalized spacial score (nSPS) is 12.5. The van der Waals surface area contributed by atoms with Crippen LogP contribution in [-0.2, 0) is 0 Å². The Balaban J connectivity index is 2.38. The molecular formula is C12H11Cl2NOS. The van der Waals surface area contributed by atoms with Gasteiger partial charge < -0.3 is 10.5 Å². The first-order valence-corrected chi connectivity index (χ1v) is 6.59. The molecule has 1 unspecified atom stereocenters. The Morgan fingerprint density at radius 3 is 2.59 bits per heavy atom. The quantitative estimate of drug-likeness (QED) is 0.922. The Morgan fingerprint density at radius 1 is 1.24 bits per heavy atom. The molecule has 5 heteroatoms. The van der Waals surface area contributed by atoms with Gasteiger partial charge in [0.2, 0.25) is 0 Å². The third kappa shape index (κ3) is 2.58. The third-order valence-corrected chi connectivity index (χ3v) is 4.22. The van der Waals surface area contributed by atoms with E-state index in [0.717, 1.165) is 10.4 Å². The van der Waals surface area contributed by atoms with Gasteiger partial charge in [0.25, 0.3) is 0 Å². The summed E-state index contributed by atoms with van der Waals surface area (Å²) in [4.78, 5) is 0.941. The van der Waals surface area contributed by atoms with Crippen LogP contribution in [0.4, 0.5) is 0 Å². The van der Waals surface area contributed by atoms with E-state index < -0.39 is 0 Å². The minimum atomic E-state index is -0.256. The van der Waals surface area contributed by atoms with Crippen LogP contribution >= 0.6 is 34.5 Å². The maximum atomic E-state index is 6.16. The zero-order valence-corrected chi connectivity index (χ0v) is 11.4. The Bertz CT molecular complexity index is 527. The molecule has 2 aromatic rings. The zero-order valence-electron chi connectivity index (χ0n) is 9.11. The van der Waals surface area contributed by atoms with Gasteiger partial charge in [-0.2, -0.15) is 0 Å². The summed E-state index contributed by atoms with van der Waals surface area (Å²) in [5, 5.41) is 3.18. The van der Waals surface area contributed by atoms with Gasteiger partial charge in [-0.25, -0.2) is 0 Å². The number of hydrogen-bond donors (Lipinski definition) is 1. The molecule has 0 bridgehead atoms. The molecule has 1 atom stereocenters. The van der Waals surface area contributed by atoms with Crippen molar-refractivity contribution in [1.82, 2.24) is 0 Å². The lowest BCUT2D eigenvalue weighted by molar-refractivity contribution is 0.414. The lowest BCUT2D eigenvalue weighted by atomic mass is 10.1. The van der Waals surface area contributed by atoms with Crippen LogP contribution in [0.2, 0.25) is 10.0 Å². The molecule has 1 heterocycles. The number of rotatable bonds is 3. The molecule has 1 aromatic carbocycles. The predicted octanol–water partition coefficient (Wildman–Crippen LogP) is 4.11. The van der Waals surface area contributed by atoms with Crippen LogP contribution in [0.15, 0.2) is 29.6 Å². The molecular weight excluding hydrogens is 277 g/mol. The van der Waals surface area contributed by atoms with E-state index in [-0.39, 0.29) is 6.04 Å². The Labute approximate surface area is 114 Å². The molecule has 0 spiro atoms. The van der Waals surface area contributed by atoms with Crippen molar-refractivity contribution in [2.24, 2.45) is 5.73 Å². The van der Waals surface area contributed by atoms with Crippen LogP contribution in [0.1, 0.15) is 16.5 Å². The number of benzene rings is 1. The number of hydrogen-bond acceptors (Lipinski definition) is 3. The fraction of sp³-hybridized carbons (Fsp3) is 0.167. The summed E-state index contributed by atoms with van der Waals surface area (Å²) in [6.07, 6.45) is 0. The maximum Gasteiger partial charge on any atom is 0.137 e. The van der Waals surface area contributed by atoms with Crippen molar-refractivity contribution in [2.75, 3.05) is 7.11 Å². The van der Waals surface area contributed by atoms with Gasteiger partial charge in [0.1, 0.15) is 5.75 Å². The minimum absolute atomic E-state index is 0.256. The van der Waals surface area contributed by atoms with E-state index in [4.69, 9.17) is 33.7 Å². The smallest absolute Gasteiger partial charge is 0.137 e. The van der Waals surface area contributed by atoms with Gasteiger partial charge in [0.05, 0.1) is 23.2 Å². The van der Waals surface area contributed by atoms with Crippen LogP contribution in [0, 0.1) is 0 Å². The van der Waals surface area contributed by atoms with Crippen LogP contribution < -0.4 is 10.5 Å². The number of thiophene rings is 1. The number of halogens is 2. The van der Waals surface area contributed by atoms with Crippen molar-refractivity contribution in [3.05, 3.63) is 50.1 Å². The van der Waals surface area contributed by atoms with Crippen LogP contribution in [-0.4, -0.2) is 7.11 Å². The van der Waals surface area contributed by atoms with Crippen molar-refractivity contribution in [3.63, 3.8) is 0 Å². The fourth-order valence-corrected chi connectivity index (χ4v) is 2.95. The van der Waals surface area contributed by atoms with Crippen LogP contribution in [0.25, 0.3) is 0 Å². The van der Waals surface area contributed by atoms with Gasteiger partial charge in [0, 0.05) is 4.88 Å². The first kappa shape index (κ1) is 12.7. The Morgan fingerprint density at radius 2 is 2.00 bits per heavy atom. The van der Waals surface area contributed by atoms with Crippen molar-refractivity contribution in [2.45, 2.75) is 6.04 Å². The molecule has 0 aliphatic rings. The number of ether oxygens (including phenoxy) is 1. The number of nitrogens with two attached hydrogens (primary N) is 1. The van der Waals surface area contributed by atoms with Crippen molar-refractivity contribution < 1.29 is 4.74 Å². The number of methoxy groups -OCH3 is 1. The highest BCUT2D eigenvalue weighted by Crippen LogP contribution is 2.34. The average molecular weight is 288 g/mol. The van der Waals surface area contributed by atoms with Crippen LogP contribution in [0.5, 0.6) is 5.75 Å². The third-order valence-electron chi connectivity index (χ3n) is 2.46. The molecule has 1 aromatic heterocycles. The zero-order chi connectivity index (χ0) is 12.4. The molecule has 0 amide bonds. The molecule has 0 saturated carbocycles. The van der Waals surface area contributed by atoms with E-state index in [1.165, 1.54) is 11.3 Å². The summed E-state index contributed by atoms with van der Waals surface area (Å²) in [7, 11) is 1.58. The molecule has 2 nitrogen and oxygen atoms in total. The first-order valence-electron chi connectivity index (χ1n) is 4.95. The summed E-state index contributed by atoms with van der Waals surface area (Å²) in [5.41, 5.74) is 7.09.